The van der Waals surface area contributed by atoms with E-state index in [1.807, 2.05) is 4.72 Å². The Morgan fingerprint density at radius 3 is 2.43 bits per heavy atom. The molecular weight excluding hydrogens is 300 g/mol. The summed E-state index contributed by atoms with van der Waals surface area (Å²) in [5.41, 5.74) is -0.454. The second kappa shape index (κ2) is 5.68. The number of H-pyrrole nitrogens is 1. The molecule has 0 bridgehead atoms. The van der Waals surface area contributed by atoms with Gasteiger partial charge in [-0.3, -0.25) is 14.4 Å². The number of hydrogen-bond acceptors (Lipinski definition) is 6. The van der Waals surface area contributed by atoms with Crippen LogP contribution in [-0.4, -0.2) is 32.4 Å². The fourth-order valence-electron chi connectivity index (χ4n) is 2.08. The van der Waals surface area contributed by atoms with Crippen molar-refractivity contribution in [3.63, 3.8) is 0 Å². The van der Waals surface area contributed by atoms with E-state index in [4.69, 9.17) is 0 Å². The molecule has 2 rings (SSSR count). The van der Waals surface area contributed by atoms with Crippen molar-refractivity contribution >= 4 is 21.9 Å². The van der Waals surface area contributed by atoms with Crippen molar-refractivity contribution in [2.75, 3.05) is 7.11 Å². The quantitative estimate of drug-likeness (QED) is 0.714. The zero-order valence-corrected chi connectivity index (χ0v) is 12.0. The second-order valence-corrected chi connectivity index (χ2v) is 6.35. The van der Waals surface area contributed by atoms with Crippen molar-refractivity contribution in [3.05, 3.63) is 28.7 Å². The van der Waals surface area contributed by atoms with E-state index in [-0.39, 0.29) is 4.90 Å². The van der Waals surface area contributed by atoms with E-state index in [2.05, 4.69) is 9.72 Å². The molecule has 0 spiro atoms. The van der Waals surface area contributed by atoms with E-state index in [1.54, 1.807) is 0 Å². The lowest BCUT2D eigenvalue weighted by atomic mass is 9.73. The average molecular weight is 314 g/mol. The zero-order valence-electron chi connectivity index (χ0n) is 11.2. The molecule has 1 aliphatic rings. The van der Waals surface area contributed by atoms with Gasteiger partial charge in [0, 0.05) is 12.3 Å². The monoisotopic (exact) mass is 314 g/mol. The summed E-state index contributed by atoms with van der Waals surface area (Å²) in [5, 5.41) is 0. The van der Waals surface area contributed by atoms with Crippen LogP contribution < -0.4 is 10.3 Å². The largest absolute Gasteiger partial charge is 0.469 e. The van der Waals surface area contributed by atoms with Gasteiger partial charge < -0.3 is 9.72 Å². The minimum Gasteiger partial charge on any atom is -0.469 e. The summed E-state index contributed by atoms with van der Waals surface area (Å²) in [4.78, 5) is 36.2. The Labute approximate surface area is 120 Å². The number of sulfonamides is 1. The van der Waals surface area contributed by atoms with Crippen LogP contribution in [0.2, 0.25) is 0 Å². The molecule has 2 N–H and O–H groups in total. The maximum Gasteiger partial charge on any atom is 0.309 e. The first-order valence-electron chi connectivity index (χ1n) is 6.18. The van der Waals surface area contributed by atoms with Gasteiger partial charge in [-0.05, 0) is 18.9 Å². The van der Waals surface area contributed by atoms with Gasteiger partial charge in [0.05, 0.1) is 18.9 Å². The van der Waals surface area contributed by atoms with Crippen LogP contribution in [-0.2, 0) is 24.3 Å². The van der Waals surface area contributed by atoms with E-state index in [9.17, 15) is 22.8 Å². The molecule has 1 aliphatic carbocycles. The molecule has 1 aromatic heterocycles. The first-order chi connectivity index (χ1) is 9.85. The SMILES string of the molecule is COC(=O)[C@@H]1CC[C@@H]1C(=O)NS(=O)(=O)c1ccc(=O)[nH]c1. The lowest BCUT2D eigenvalue weighted by molar-refractivity contribution is -0.155. The Morgan fingerprint density at radius 2 is 1.95 bits per heavy atom. The molecule has 1 fully saturated rings. The number of pyridine rings is 1. The third-order valence-electron chi connectivity index (χ3n) is 3.42. The summed E-state index contributed by atoms with van der Waals surface area (Å²) in [6.45, 7) is 0. The zero-order chi connectivity index (χ0) is 15.6. The van der Waals surface area contributed by atoms with E-state index >= 15 is 0 Å². The predicted octanol–water partition coefficient (Wildman–Crippen LogP) is -0.621. The smallest absolute Gasteiger partial charge is 0.309 e. The molecule has 1 saturated carbocycles. The minimum absolute atomic E-state index is 0.232. The number of methoxy groups -OCH3 is 1. The van der Waals surface area contributed by atoms with Gasteiger partial charge in [0.2, 0.25) is 11.5 Å². The molecule has 2 atom stereocenters. The first kappa shape index (κ1) is 15.2. The van der Waals surface area contributed by atoms with Crippen LogP contribution in [0.3, 0.4) is 0 Å². The van der Waals surface area contributed by atoms with Gasteiger partial charge >= 0.3 is 5.97 Å². The van der Waals surface area contributed by atoms with E-state index in [0.717, 1.165) is 18.3 Å². The van der Waals surface area contributed by atoms with Crippen LogP contribution in [0.5, 0.6) is 0 Å². The molecule has 1 aromatic rings. The molecule has 21 heavy (non-hydrogen) atoms. The molecule has 114 valence electrons. The van der Waals surface area contributed by atoms with E-state index < -0.39 is 39.3 Å². The number of aromatic nitrogens is 1. The number of nitrogens with one attached hydrogen (secondary N) is 2. The van der Waals surface area contributed by atoms with Crippen molar-refractivity contribution in [1.82, 2.24) is 9.71 Å². The standard InChI is InChI=1S/C12H14N2O6S/c1-20-12(17)9-4-3-8(9)11(16)14-21(18,19)7-2-5-10(15)13-6-7/h2,5-6,8-9H,3-4H2,1H3,(H,13,15)(H,14,16)/t8-,9+/m0/s1. The molecule has 0 saturated heterocycles. The van der Waals surface area contributed by atoms with Crippen LogP contribution in [0.4, 0.5) is 0 Å². The number of hydrogen-bond donors (Lipinski definition) is 2. The van der Waals surface area contributed by atoms with E-state index in [0.29, 0.717) is 12.8 Å². The number of ether oxygens (including phenoxy) is 1. The maximum absolute atomic E-state index is 12.0. The predicted molar refractivity (Wildman–Crippen MR) is 70.6 cm³/mol. The van der Waals surface area contributed by atoms with Crippen LogP contribution in [0.25, 0.3) is 0 Å². The Hall–Kier alpha value is -2.16. The third kappa shape index (κ3) is 3.13. The van der Waals surface area contributed by atoms with Crippen LogP contribution in [0.1, 0.15) is 12.8 Å². The van der Waals surface area contributed by atoms with Gasteiger partial charge in [-0.2, -0.15) is 0 Å². The maximum atomic E-state index is 12.0. The summed E-state index contributed by atoms with van der Waals surface area (Å²) in [6, 6.07) is 2.13. The highest BCUT2D eigenvalue weighted by atomic mass is 32.2. The topological polar surface area (TPSA) is 122 Å². The summed E-state index contributed by atoms with van der Waals surface area (Å²) >= 11 is 0. The van der Waals surface area contributed by atoms with Crippen molar-refractivity contribution in [2.24, 2.45) is 11.8 Å². The highest BCUT2D eigenvalue weighted by Gasteiger charge is 2.43. The number of amides is 1. The van der Waals surface area contributed by atoms with Crippen molar-refractivity contribution in [3.8, 4) is 0 Å². The number of carbonyl (C=O) groups is 2. The fraction of sp³-hybridized carbons (Fsp3) is 0.417. The highest BCUT2D eigenvalue weighted by Crippen LogP contribution is 2.35. The average Bonchev–Trinajstić information content (AvgIpc) is 2.36. The highest BCUT2D eigenvalue weighted by molar-refractivity contribution is 7.90. The molecule has 0 radical (unpaired) electrons. The Bertz CT molecular complexity index is 703. The van der Waals surface area contributed by atoms with E-state index in [1.165, 1.54) is 7.11 Å². The van der Waals surface area contributed by atoms with Gasteiger partial charge in [0.1, 0.15) is 4.90 Å². The number of aromatic amines is 1. The summed E-state index contributed by atoms with van der Waals surface area (Å²) < 4.78 is 30.4. The summed E-state index contributed by atoms with van der Waals surface area (Å²) in [5.74, 6) is -2.60. The Balaban J connectivity index is 2.10. The summed E-state index contributed by atoms with van der Waals surface area (Å²) in [6.07, 6.45) is 1.91. The Kier molecular flexibility index (Phi) is 4.12. The van der Waals surface area contributed by atoms with Gasteiger partial charge in [-0.1, -0.05) is 0 Å². The molecule has 0 unspecified atom stereocenters. The molecular formula is C12H14N2O6S. The number of rotatable bonds is 4. The molecule has 8 nitrogen and oxygen atoms in total. The molecule has 1 amide bonds. The van der Waals surface area contributed by atoms with Gasteiger partial charge in [-0.25, -0.2) is 13.1 Å². The normalized spacial score (nSPS) is 21.2. The van der Waals surface area contributed by atoms with Gasteiger partial charge in [0.25, 0.3) is 10.0 Å². The molecule has 9 heteroatoms. The van der Waals surface area contributed by atoms with Crippen LogP contribution in [0, 0.1) is 11.8 Å². The lowest BCUT2D eigenvalue weighted by Crippen LogP contribution is -2.46. The molecule has 0 aliphatic heterocycles. The number of esters is 1. The van der Waals surface area contributed by atoms with Crippen molar-refractivity contribution in [1.29, 1.82) is 0 Å². The third-order valence-corrected chi connectivity index (χ3v) is 4.76. The van der Waals surface area contributed by atoms with Gasteiger partial charge in [0.15, 0.2) is 0 Å². The van der Waals surface area contributed by atoms with Crippen LogP contribution >= 0.6 is 0 Å². The van der Waals surface area contributed by atoms with Crippen molar-refractivity contribution < 1.29 is 22.7 Å². The minimum atomic E-state index is -4.08. The second-order valence-electron chi connectivity index (χ2n) is 4.67. The van der Waals surface area contributed by atoms with Crippen LogP contribution in [0.15, 0.2) is 28.0 Å². The molecule has 0 aromatic carbocycles. The Morgan fingerprint density at radius 1 is 1.29 bits per heavy atom. The molecule has 1 heterocycles. The lowest BCUT2D eigenvalue weighted by Gasteiger charge is -2.32. The number of carbonyl (C=O) groups excluding carboxylic acids is 2. The van der Waals surface area contributed by atoms with Crippen molar-refractivity contribution in [2.45, 2.75) is 17.7 Å². The fourth-order valence-corrected chi connectivity index (χ4v) is 3.07. The van der Waals surface area contributed by atoms with Gasteiger partial charge in [-0.15, -0.1) is 0 Å². The summed E-state index contributed by atoms with van der Waals surface area (Å²) in [7, 11) is -2.86. The first-order valence-corrected chi connectivity index (χ1v) is 7.66.